The summed E-state index contributed by atoms with van der Waals surface area (Å²) in [6.07, 6.45) is -0.248. The Hall–Kier alpha value is -0.730. The van der Waals surface area contributed by atoms with Crippen LogP contribution >= 0.6 is 0 Å². The van der Waals surface area contributed by atoms with E-state index in [9.17, 15) is 4.79 Å². The van der Waals surface area contributed by atoms with E-state index < -0.39 is 0 Å². The van der Waals surface area contributed by atoms with Gasteiger partial charge in [0.25, 0.3) is 0 Å². The van der Waals surface area contributed by atoms with Gasteiger partial charge >= 0.3 is 6.09 Å². The van der Waals surface area contributed by atoms with E-state index in [0.717, 1.165) is 0 Å². The van der Waals surface area contributed by atoms with Crippen molar-refractivity contribution in [1.82, 2.24) is 4.90 Å². The second-order valence-corrected chi connectivity index (χ2v) is 4.31. The van der Waals surface area contributed by atoms with E-state index in [4.69, 9.17) is 4.74 Å². The van der Waals surface area contributed by atoms with Crippen molar-refractivity contribution < 1.29 is 9.53 Å². The Balaban J connectivity index is 3.92. The first kappa shape index (κ1) is 13.3. The third kappa shape index (κ3) is 5.84. The smallest absolute Gasteiger partial charge is 0.409 e. The van der Waals surface area contributed by atoms with Gasteiger partial charge in [-0.1, -0.05) is 27.7 Å². The van der Waals surface area contributed by atoms with E-state index in [1.807, 2.05) is 13.8 Å². The van der Waals surface area contributed by atoms with Crippen LogP contribution in [0.2, 0.25) is 0 Å². The monoisotopic (exact) mass is 200 g/mol. The average Bonchev–Trinajstić information content (AvgIpc) is 2.09. The molecule has 0 aromatic heterocycles. The molecular weight excluding hydrogens is 178 g/mol. The summed E-state index contributed by atoms with van der Waals surface area (Å²) in [6, 6.07) is 0. The summed E-state index contributed by atoms with van der Waals surface area (Å²) in [5.41, 5.74) is 0. The molecule has 0 heterocycles. The lowest BCUT2D eigenvalue weighted by Crippen LogP contribution is -2.35. The van der Waals surface area contributed by atoms with Crippen molar-refractivity contribution in [2.75, 3.05) is 19.7 Å². The molecule has 0 aromatic rings. The highest BCUT2D eigenvalue weighted by molar-refractivity contribution is 5.67. The van der Waals surface area contributed by atoms with Gasteiger partial charge in [0.1, 0.15) is 0 Å². The van der Waals surface area contributed by atoms with Crippen LogP contribution in [-0.2, 0) is 4.74 Å². The van der Waals surface area contributed by atoms with Crippen molar-refractivity contribution in [3.63, 3.8) is 0 Å². The van der Waals surface area contributed by atoms with Crippen molar-refractivity contribution in [2.24, 2.45) is 11.8 Å². The molecule has 0 N–H and O–H groups in total. The number of carbonyl (C=O) groups is 1. The van der Waals surface area contributed by atoms with Crippen molar-refractivity contribution in [2.45, 2.75) is 27.7 Å². The maximum atomic E-state index is 11.5. The fraction of sp³-hybridized carbons (Fsp3) is 0.818. The minimum atomic E-state index is -0.248. The van der Waals surface area contributed by atoms with Crippen molar-refractivity contribution in [1.29, 1.82) is 0 Å². The molecule has 0 aliphatic rings. The second kappa shape index (κ2) is 6.68. The second-order valence-electron chi connectivity index (χ2n) is 4.31. The predicted molar refractivity (Wildman–Crippen MR) is 58.0 cm³/mol. The molecule has 0 saturated carbocycles. The molecule has 0 bridgehead atoms. The molecule has 1 amide bonds. The van der Waals surface area contributed by atoms with Gasteiger partial charge < -0.3 is 9.64 Å². The quantitative estimate of drug-likeness (QED) is 0.682. The highest BCUT2D eigenvalue weighted by atomic mass is 16.6. The lowest BCUT2D eigenvalue weighted by atomic mass is 10.2. The number of rotatable bonds is 5. The molecule has 14 heavy (non-hydrogen) atoms. The lowest BCUT2D eigenvalue weighted by molar-refractivity contribution is 0.0918. The van der Waals surface area contributed by atoms with Gasteiger partial charge in [-0.2, -0.15) is 0 Å². The summed E-state index contributed by atoms with van der Waals surface area (Å²) in [5.74, 6) is 0.827. The summed E-state index contributed by atoms with van der Waals surface area (Å²) < 4.78 is 5.10. The normalized spacial score (nSPS) is 10.8. The molecule has 0 aliphatic carbocycles. The Morgan fingerprint density at radius 2 is 1.86 bits per heavy atom. The van der Waals surface area contributed by atoms with Gasteiger partial charge in [0.05, 0.1) is 6.61 Å². The molecule has 0 atom stereocenters. The molecule has 83 valence electrons. The maximum Gasteiger partial charge on any atom is 0.409 e. The summed E-state index contributed by atoms with van der Waals surface area (Å²) in [6.45, 7) is 13.5. The highest BCUT2D eigenvalue weighted by Crippen LogP contribution is 2.02. The first-order valence-corrected chi connectivity index (χ1v) is 5.18. The first-order valence-electron chi connectivity index (χ1n) is 5.18. The third-order valence-electron chi connectivity index (χ3n) is 1.65. The van der Waals surface area contributed by atoms with Crippen LogP contribution in [0.3, 0.4) is 0 Å². The summed E-state index contributed by atoms with van der Waals surface area (Å²) in [7, 11) is 0. The average molecular weight is 200 g/mol. The molecule has 0 fully saturated rings. The van der Waals surface area contributed by atoms with E-state index in [0.29, 0.717) is 31.5 Å². The van der Waals surface area contributed by atoms with Gasteiger partial charge in [0, 0.05) is 13.1 Å². The van der Waals surface area contributed by atoms with E-state index in [-0.39, 0.29) is 6.09 Å². The number of hydrogen-bond acceptors (Lipinski definition) is 2. The van der Waals surface area contributed by atoms with Crippen LogP contribution < -0.4 is 0 Å². The van der Waals surface area contributed by atoms with Crippen LogP contribution in [0.15, 0.2) is 0 Å². The van der Waals surface area contributed by atoms with E-state index in [2.05, 4.69) is 20.8 Å². The van der Waals surface area contributed by atoms with Crippen LogP contribution in [-0.4, -0.2) is 30.7 Å². The molecule has 3 nitrogen and oxygen atoms in total. The Bertz CT molecular complexity index is 167. The fourth-order valence-electron chi connectivity index (χ4n) is 1.03. The zero-order valence-corrected chi connectivity index (χ0v) is 9.75. The van der Waals surface area contributed by atoms with Crippen molar-refractivity contribution in [3.05, 3.63) is 6.92 Å². The van der Waals surface area contributed by atoms with Crippen LogP contribution in [0.5, 0.6) is 0 Å². The molecule has 0 unspecified atom stereocenters. The molecule has 3 heteroatoms. The lowest BCUT2D eigenvalue weighted by Gasteiger charge is -2.22. The largest absolute Gasteiger partial charge is 0.449 e. The maximum absolute atomic E-state index is 11.5. The highest BCUT2D eigenvalue weighted by Gasteiger charge is 2.14. The Kier molecular flexibility index (Phi) is 6.34. The summed E-state index contributed by atoms with van der Waals surface area (Å²) >= 11 is 0. The summed E-state index contributed by atoms with van der Waals surface area (Å²) in [5, 5.41) is 0. The van der Waals surface area contributed by atoms with Gasteiger partial charge in [-0.05, 0) is 18.8 Å². The Morgan fingerprint density at radius 3 is 2.21 bits per heavy atom. The fourth-order valence-corrected chi connectivity index (χ4v) is 1.03. The molecule has 1 radical (unpaired) electrons. The minimum absolute atomic E-state index is 0.248. The SMILES string of the molecule is [CH2]CN(CC(C)C)C(=O)OCC(C)C. The summed E-state index contributed by atoms with van der Waals surface area (Å²) in [4.78, 5) is 13.1. The number of ether oxygens (including phenoxy) is 1. The van der Waals surface area contributed by atoms with Gasteiger partial charge in [0.15, 0.2) is 0 Å². The minimum Gasteiger partial charge on any atom is -0.449 e. The van der Waals surface area contributed by atoms with E-state index >= 15 is 0 Å². The zero-order chi connectivity index (χ0) is 11.1. The van der Waals surface area contributed by atoms with E-state index in [1.165, 1.54) is 0 Å². The molecular formula is C11H22NO2. The number of carbonyl (C=O) groups excluding carboxylic acids is 1. The molecule has 0 rings (SSSR count). The van der Waals surface area contributed by atoms with Gasteiger partial charge in [-0.3, -0.25) is 0 Å². The Morgan fingerprint density at radius 1 is 1.29 bits per heavy atom. The van der Waals surface area contributed by atoms with Crippen LogP contribution in [0.4, 0.5) is 4.79 Å². The van der Waals surface area contributed by atoms with Gasteiger partial charge in [-0.25, -0.2) is 4.79 Å². The molecule has 0 aromatic carbocycles. The van der Waals surface area contributed by atoms with Crippen LogP contribution in [0.25, 0.3) is 0 Å². The van der Waals surface area contributed by atoms with Crippen LogP contribution in [0.1, 0.15) is 27.7 Å². The molecule has 0 aliphatic heterocycles. The number of nitrogens with zero attached hydrogens (tertiary/aromatic N) is 1. The zero-order valence-electron chi connectivity index (χ0n) is 9.75. The van der Waals surface area contributed by atoms with Gasteiger partial charge in [0.2, 0.25) is 0 Å². The number of amides is 1. The number of hydrogen-bond donors (Lipinski definition) is 0. The molecule has 0 spiro atoms. The first-order chi connectivity index (χ1) is 6.47. The topological polar surface area (TPSA) is 29.5 Å². The third-order valence-corrected chi connectivity index (χ3v) is 1.65. The van der Waals surface area contributed by atoms with Crippen LogP contribution in [0, 0.1) is 18.8 Å². The van der Waals surface area contributed by atoms with Crippen molar-refractivity contribution >= 4 is 6.09 Å². The Labute approximate surface area is 87.4 Å². The van der Waals surface area contributed by atoms with Gasteiger partial charge in [-0.15, -0.1) is 0 Å². The van der Waals surface area contributed by atoms with E-state index in [1.54, 1.807) is 4.90 Å². The molecule has 0 saturated heterocycles. The van der Waals surface area contributed by atoms with Crippen molar-refractivity contribution in [3.8, 4) is 0 Å². The standard InChI is InChI=1S/C11H22NO2/c1-6-12(7-9(2)3)11(13)14-8-10(4)5/h9-10H,1,6-8H2,2-5H3. The predicted octanol–water partition coefficient (Wildman–Crippen LogP) is 2.57.